The van der Waals surface area contributed by atoms with Crippen LogP contribution in [0.25, 0.3) is 0 Å². The van der Waals surface area contributed by atoms with Gasteiger partial charge in [-0.15, -0.1) is 0 Å². The van der Waals surface area contributed by atoms with Crippen LogP contribution >= 0.6 is 15.9 Å². The van der Waals surface area contributed by atoms with Crippen molar-refractivity contribution in [3.05, 3.63) is 52.6 Å². The maximum Gasteiger partial charge on any atom is 0.242 e. The Bertz CT molecular complexity index is 689. The summed E-state index contributed by atoms with van der Waals surface area (Å²) in [7, 11) is -3.60. The number of nitrogen functional groups attached to an aromatic ring is 1. The number of nitrogens with one attached hydrogen (secondary N) is 2. The van der Waals surface area contributed by atoms with E-state index >= 15 is 0 Å². The molecule has 1 aromatic heterocycles. The molecular weight excluding hydrogens is 344 g/mol. The summed E-state index contributed by atoms with van der Waals surface area (Å²) in [5.41, 5.74) is 3.19. The first-order valence-electron chi connectivity index (χ1n) is 5.68. The third kappa shape index (κ3) is 3.54. The van der Waals surface area contributed by atoms with Gasteiger partial charge in [-0.25, -0.2) is 24.0 Å². The third-order valence-electron chi connectivity index (χ3n) is 2.61. The molecule has 0 amide bonds. The third-order valence-corrected chi connectivity index (χ3v) is 4.77. The molecular formula is C12H13BrN4O2S. The van der Waals surface area contributed by atoms with E-state index in [0.29, 0.717) is 5.82 Å². The van der Waals surface area contributed by atoms with E-state index in [0.717, 1.165) is 10.0 Å². The molecule has 0 aliphatic rings. The second-order valence-corrected chi connectivity index (χ2v) is 6.56. The predicted octanol–water partition coefficient (Wildman–Crippen LogP) is 1.61. The van der Waals surface area contributed by atoms with Gasteiger partial charge in [-0.1, -0.05) is 34.1 Å². The van der Waals surface area contributed by atoms with Crippen LogP contribution in [0, 0.1) is 0 Å². The van der Waals surface area contributed by atoms with Crippen molar-refractivity contribution in [2.75, 3.05) is 5.43 Å². The summed E-state index contributed by atoms with van der Waals surface area (Å²) in [6.45, 7) is 0.195. The summed E-state index contributed by atoms with van der Waals surface area (Å²) >= 11 is 3.37. The molecule has 0 fully saturated rings. The van der Waals surface area contributed by atoms with Crippen LogP contribution in [0.1, 0.15) is 5.56 Å². The Morgan fingerprint density at radius 3 is 2.55 bits per heavy atom. The fourth-order valence-electron chi connectivity index (χ4n) is 1.52. The van der Waals surface area contributed by atoms with Crippen molar-refractivity contribution >= 4 is 31.8 Å². The molecule has 0 bridgehead atoms. The van der Waals surface area contributed by atoms with Gasteiger partial charge >= 0.3 is 0 Å². The second kappa shape index (κ2) is 6.31. The maximum atomic E-state index is 12.1. The standard InChI is InChI=1S/C12H13BrN4O2S/c13-11-4-2-1-3-9(11)7-16-20(18,19)10-5-6-12(17-14)15-8-10/h1-6,8,16H,7,14H2,(H,15,17). The molecule has 0 atom stereocenters. The highest BCUT2D eigenvalue weighted by Crippen LogP contribution is 2.17. The van der Waals surface area contributed by atoms with Crippen molar-refractivity contribution in [1.82, 2.24) is 9.71 Å². The number of rotatable bonds is 5. The lowest BCUT2D eigenvalue weighted by molar-refractivity contribution is 0.581. The first-order valence-corrected chi connectivity index (χ1v) is 7.96. The van der Waals surface area contributed by atoms with Gasteiger partial charge in [0.1, 0.15) is 10.7 Å². The molecule has 1 aromatic carbocycles. The first-order chi connectivity index (χ1) is 9.53. The zero-order valence-electron chi connectivity index (χ0n) is 10.4. The van der Waals surface area contributed by atoms with E-state index < -0.39 is 10.0 Å². The minimum Gasteiger partial charge on any atom is -0.308 e. The molecule has 106 valence electrons. The molecule has 4 N–H and O–H groups in total. The van der Waals surface area contributed by atoms with E-state index in [9.17, 15) is 8.42 Å². The highest BCUT2D eigenvalue weighted by Gasteiger charge is 2.14. The SMILES string of the molecule is NNc1ccc(S(=O)(=O)NCc2ccccc2Br)cn1. The number of sulfonamides is 1. The van der Waals surface area contributed by atoms with Crippen LogP contribution in [-0.4, -0.2) is 13.4 Å². The van der Waals surface area contributed by atoms with Crippen LogP contribution in [0.15, 0.2) is 52.0 Å². The average Bonchev–Trinajstić information content (AvgIpc) is 2.46. The number of benzene rings is 1. The van der Waals surface area contributed by atoms with Gasteiger partial charge in [0.25, 0.3) is 0 Å². The molecule has 0 spiro atoms. The molecule has 0 saturated carbocycles. The van der Waals surface area contributed by atoms with E-state index in [4.69, 9.17) is 5.84 Å². The van der Waals surface area contributed by atoms with Gasteiger partial charge in [0, 0.05) is 17.2 Å². The summed E-state index contributed by atoms with van der Waals surface area (Å²) in [6.07, 6.45) is 1.25. The van der Waals surface area contributed by atoms with Crippen LogP contribution < -0.4 is 16.0 Å². The van der Waals surface area contributed by atoms with E-state index in [1.807, 2.05) is 24.3 Å². The Balaban J connectivity index is 2.13. The minimum absolute atomic E-state index is 0.0866. The Morgan fingerprint density at radius 2 is 1.95 bits per heavy atom. The van der Waals surface area contributed by atoms with Crippen molar-refractivity contribution in [1.29, 1.82) is 0 Å². The predicted molar refractivity (Wildman–Crippen MR) is 80.2 cm³/mol. The molecule has 0 radical (unpaired) electrons. The fraction of sp³-hybridized carbons (Fsp3) is 0.0833. The lowest BCUT2D eigenvalue weighted by Crippen LogP contribution is -2.23. The lowest BCUT2D eigenvalue weighted by atomic mass is 10.2. The van der Waals surface area contributed by atoms with Crippen LogP contribution in [0.2, 0.25) is 0 Å². The normalized spacial score (nSPS) is 11.3. The van der Waals surface area contributed by atoms with E-state index in [1.54, 1.807) is 0 Å². The minimum atomic E-state index is -3.60. The number of aromatic nitrogens is 1. The average molecular weight is 357 g/mol. The quantitative estimate of drug-likeness (QED) is 0.558. The molecule has 0 unspecified atom stereocenters. The summed E-state index contributed by atoms with van der Waals surface area (Å²) in [5.74, 6) is 5.58. The number of hydrogen-bond donors (Lipinski definition) is 3. The van der Waals surface area contributed by atoms with Crippen molar-refractivity contribution in [3.63, 3.8) is 0 Å². The van der Waals surface area contributed by atoms with E-state index in [2.05, 4.69) is 31.1 Å². The topological polar surface area (TPSA) is 97.1 Å². The van der Waals surface area contributed by atoms with Crippen LogP contribution in [0.4, 0.5) is 5.82 Å². The number of nitrogens with two attached hydrogens (primary N) is 1. The highest BCUT2D eigenvalue weighted by atomic mass is 79.9. The lowest BCUT2D eigenvalue weighted by Gasteiger charge is -2.08. The van der Waals surface area contributed by atoms with E-state index in [1.165, 1.54) is 18.3 Å². The van der Waals surface area contributed by atoms with Gasteiger partial charge < -0.3 is 5.43 Å². The summed E-state index contributed by atoms with van der Waals surface area (Å²) < 4.78 is 27.6. The molecule has 0 saturated heterocycles. The fourth-order valence-corrected chi connectivity index (χ4v) is 2.90. The number of hydrogen-bond acceptors (Lipinski definition) is 5. The largest absolute Gasteiger partial charge is 0.308 e. The molecule has 2 aromatic rings. The first kappa shape index (κ1) is 14.9. The van der Waals surface area contributed by atoms with Gasteiger partial charge in [0.15, 0.2) is 0 Å². The van der Waals surface area contributed by atoms with Gasteiger partial charge in [0.2, 0.25) is 10.0 Å². The van der Waals surface area contributed by atoms with Crippen molar-refractivity contribution < 1.29 is 8.42 Å². The second-order valence-electron chi connectivity index (χ2n) is 3.94. The van der Waals surface area contributed by atoms with Crippen LogP contribution in [-0.2, 0) is 16.6 Å². The van der Waals surface area contributed by atoms with Crippen molar-refractivity contribution in [2.24, 2.45) is 5.84 Å². The molecule has 6 nitrogen and oxygen atoms in total. The van der Waals surface area contributed by atoms with E-state index in [-0.39, 0.29) is 11.4 Å². The molecule has 2 rings (SSSR count). The number of nitrogens with zero attached hydrogens (tertiary/aromatic N) is 1. The van der Waals surface area contributed by atoms with Gasteiger partial charge in [0.05, 0.1) is 0 Å². The number of anilines is 1. The van der Waals surface area contributed by atoms with Gasteiger partial charge in [-0.2, -0.15) is 0 Å². The maximum absolute atomic E-state index is 12.1. The van der Waals surface area contributed by atoms with Gasteiger partial charge in [-0.3, -0.25) is 0 Å². The smallest absolute Gasteiger partial charge is 0.242 e. The summed E-state index contributed by atoms with van der Waals surface area (Å²) in [6, 6.07) is 10.3. The zero-order chi connectivity index (χ0) is 14.6. The molecule has 0 aliphatic carbocycles. The Labute approximate surface area is 125 Å². The highest BCUT2D eigenvalue weighted by molar-refractivity contribution is 9.10. The molecule has 8 heteroatoms. The Morgan fingerprint density at radius 1 is 1.20 bits per heavy atom. The van der Waals surface area contributed by atoms with Crippen LogP contribution in [0.5, 0.6) is 0 Å². The number of pyridine rings is 1. The van der Waals surface area contributed by atoms with Crippen molar-refractivity contribution in [2.45, 2.75) is 11.4 Å². The Hall–Kier alpha value is -1.48. The zero-order valence-corrected chi connectivity index (χ0v) is 12.8. The molecule has 1 heterocycles. The monoisotopic (exact) mass is 356 g/mol. The van der Waals surface area contributed by atoms with Crippen molar-refractivity contribution in [3.8, 4) is 0 Å². The molecule has 20 heavy (non-hydrogen) atoms. The van der Waals surface area contributed by atoms with Crippen LogP contribution in [0.3, 0.4) is 0 Å². The molecule has 0 aliphatic heterocycles. The number of hydrazine groups is 1. The Kier molecular flexibility index (Phi) is 4.71. The van der Waals surface area contributed by atoms with Gasteiger partial charge in [-0.05, 0) is 23.8 Å². The summed E-state index contributed by atoms with van der Waals surface area (Å²) in [4.78, 5) is 3.96. The number of halogens is 1. The summed E-state index contributed by atoms with van der Waals surface area (Å²) in [5, 5.41) is 0.